The molecule has 0 radical (unpaired) electrons. The Hall–Kier alpha value is -3.57. The third-order valence-corrected chi connectivity index (χ3v) is 2.91. The molecule has 0 bridgehead atoms. The molecule has 1 aromatic rings. The Morgan fingerprint density at radius 3 is 1.73 bits per heavy atom. The topological polar surface area (TPSA) is 168 Å². The lowest BCUT2D eigenvalue weighted by atomic mass is 10.1. The van der Waals surface area contributed by atoms with E-state index in [1.54, 1.807) is 0 Å². The first-order valence-electron chi connectivity index (χ1n) is 7.29. The predicted molar refractivity (Wildman–Crippen MR) is 84.3 cm³/mol. The second kappa shape index (κ2) is 9.05. The molecule has 0 spiro atoms. The number of amides is 1. The molecule has 0 saturated heterocycles. The number of hydrogen-bond donors (Lipinski definition) is 1. The fourth-order valence-corrected chi connectivity index (χ4v) is 1.82. The monoisotopic (exact) mass is 369 g/mol. The lowest BCUT2D eigenvalue weighted by Crippen LogP contribution is -2.48. The fraction of sp³-hybridized carbons (Fsp3) is 0.357. The molecule has 140 valence electrons. The molecule has 0 saturated carbocycles. The van der Waals surface area contributed by atoms with E-state index in [4.69, 9.17) is 0 Å². The standard InChI is InChI=1S/C14H15N3O9/c1-3-25-13(19)11(14(20)26-4-2)15-12(18)8-5-9(16(21)22)7-10(6-8)17(23)24/h5-7,11H,3-4H2,1-2H3,(H,15,18). The van der Waals surface area contributed by atoms with Gasteiger partial charge in [-0.05, 0) is 13.8 Å². The number of carbonyl (C=O) groups is 3. The molecule has 0 heterocycles. The molecule has 0 aliphatic rings. The Morgan fingerprint density at radius 2 is 1.38 bits per heavy atom. The molecule has 1 rings (SSSR count). The zero-order chi connectivity index (χ0) is 19.9. The van der Waals surface area contributed by atoms with Gasteiger partial charge in [-0.1, -0.05) is 0 Å². The van der Waals surface area contributed by atoms with Crippen LogP contribution in [0.15, 0.2) is 18.2 Å². The third-order valence-electron chi connectivity index (χ3n) is 2.91. The number of nitrogens with one attached hydrogen (secondary N) is 1. The second-order valence-electron chi connectivity index (χ2n) is 4.66. The van der Waals surface area contributed by atoms with E-state index >= 15 is 0 Å². The van der Waals surface area contributed by atoms with Gasteiger partial charge in [0.15, 0.2) is 0 Å². The summed E-state index contributed by atoms with van der Waals surface area (Å²) in [4.78, 5) is 55.8. The van der Waals surface area contributed by atoms with Crippen LogP contribution in [0.25, 0.3) is 0 Å². The molecule has 12 heteroatoms. The van der Waals surface area contributed by atoms with Crippen molar-refractivity contribution in [2.75, 3.05) is 13.2 Å². The molecule has 1 amide bonds. The first-order chi connectivity index (χ1) is 12.2. The maximum absolute atomic E-state index is 12.3. The molecule has 0 aliphatic carbocycles. The van der Waals surface area contributed by atoms with Crippen LogP contribution >= 0.6 is 0 Å². The minimum Gasteiger partial charge on any atom is -0.464 e. The van der Waals surface area contributed by atoms with Crippen molar-refractivity contribution in [2.45, 2.75) is 19.9 Å². The van der Waals surface area contributed by atoms with Crippen LogP contribution in [-0.4, -0.2) is 46.9 Å². The average Bonchev–Trinajstić information content (AvgIpc) is 2.59. The zero-order valence-electron chi connectivity index (χ0n) is 13.8. The van der Waals surface area contributed by atoms with Crippen molar-refractivity contribution in [3.63, 3.8) is 0 Å². The smallest absolute Gasteiger partial charge is 0.340 e. The van der Waals surface area contributed by atoms with E-state index in [-0.39, 0.29) is 13.2 Å². The lowest BCUT2D eigenvalue weighted by molar-refractivity contribution is -0.394. The number of esters is 2. The summed E-state index contributed by atoms with van der Waals surface area (Å²) in [5.74, 6) is -3.32. The number of benzene rings is 1. The highest BCUT2D eigenvalue weighted by Crippen LogP contribution is 2.22. The summed E-state index contributed by atoms with van der Waals surface area (Å²) in [6.45, 7) is 2.80. The summed E-state index contributed by atoms with van der Waals surface area (Å²) in [6.07, 6.45) is 0. The third kappa shape index (κ3) is 5.22. The molecule has 1 aromatic carbocycles. The normalized spacial score (nSPS) is 10.1. The van der Waals surface area contributed by atoms with Crippen molar-refractivity contribution in [3.8, 4) is 0 Å². The van der Waals surface area contributed by atoms with Crippen LogP contribution < -0.4 is 5.32 Å². The quantitative estimate of drug-likeness (QED) is 0.300. The van der Waals surface area contributed by atoms with Crippen LogP contribution in [-0.2, 0) is 19.1 Å². The maximum atomic E-state index is 12.3. The molecule has 0 aromatic heterocycles. The van der Waals surface area contributed by atoms with E-state index in [9.17, 15) is 34.6 Å². The van der Waals surface area contributed by atoms with Crippen molar-refractivity contribution >= 4 is 29.2 Å². The Bertz CT molecular complexity index is 697. The summed E-state index contributed by atoms with van der Waals surface area (Å²) in [5.41, 5.74) is -1.88. The van der Waals surface area contributed by atoms with Gasteiger partial charge in [0.05, 0.1) is 34.7 Å². The Morgan fingerprint density at radius 1 is 0.962 bits per heavy atom. The average molecular weight is 369 g/mol. The van der Waals surface area contributed by atoms with Crippen molar-refractivity contribution in [2.24, 2.45) is 0 Å². The van der Waals surface area contributed by atoms with E-state index in [1.165, 1.54) is 13.8 Å². The summed E-state index contributed by atoms with van der Waals surface area (Å²) in [6, 6.07) is 0.400. The van der Waals surface area contributed by atoms with Crippen molar-refractivity contribution in [1.29, 1.82) is 0 Å². The lowest BCUT2D eigenvalue weighted by Gasteiger charge is -2.15. The van der Waals surface area contributed by atoms with Crippen molar-refractivity contribution in [3.05, 3.63) is 44.0 Å². The van der Waals surface area contributed by atoms with E-state index in [0.29, 0.717) is 6.07 Å². The molecule has 0 fully saturated rings. The minimum absolute atomic E-state index is 0.0765. The van der Waals surface area contributed by atoms with Gasteiger partial charge in [0.25, 0.3) is 17.3 Å². The van der Waals surface area contributed by atoms with Gasteiger partial charge < -0.3 is 14.8 Å². The molecular formula is C14H15N3O9. The minimum atomic E-state index is -1.82. The van der Waals surface area contributed by atoms with Gasteiger partial charge >= 0.3 is 11.9 Å². The summed E-state index contributed by atoms with van der Waals surface area (Å²) in [7, 11) is 0. The van der Waals surface area contributed by atoms with Gasteiger partial charge in [-0.15, -0.1) is 0 Å². The van der Waals surface area contributed by atoms with Gasteiger partial charge in [-0.3, -0.25) is 25.0 Å². The van der Waals surface area contributed by atoms with Crippen molar-refractivity contribution in [1.82, 2.24) is 5.32 Å². The Labute approximate surface area is 146 Å². The highest BCUT2D eigenvalue weighted by Gasteiger charge is 2.32. The number of rotatable bonds is 8. The number of hydrogen-bond acceptors (Lipinski definition) is 9. The number of ether oxygens (including phenoxy) is 2. The van der Waals surface area contributed by atoms with Gasteiger partial charge in [-0.25, -0.2) is 9.59 Å². The highest BCUT2D eigenvalue weighted by atomic mass is 16.6. The molecule has 12 nitrogen and oxygen atoms in total. The van der Waals surface area contributed by atoms with Gasteiger partial charge in [0.1, 0.15) is 0 Å². The molecule has 26 heavy (non-hydrogen) atoms. The molecule has 0 unspecified atom stereocenters. The zero-order valence-corrected chi connectivity index (χ0v) is 13.8. The molecular weight excluding hydrogens is 354 g/mol. The van der Waals surface area contributed by atoms with E-state index in [0.717, 1.165) is 12.1 Å². The SMILES string of the molecule is CCOC(=O)C(NC(=O)c1cc([N+](=O)[O-])cc([N+](=O)[O-])c1)C(=O)OCC. The number of nitrogens with zero attached hydrogens (tertiary/aromatic N) is 2. The van der Waals surface area contributed by atoms with Crippen LogP contribution in [0, 0.1) is 20.2 Å². The van der Waals surface area contributed by atoms with Crippen LogP contribution in [0.1, 0.15) is 24.2 Å². The summed E-state index contributed by atoms with van der Waals surface area (Å²) < 4.78 is 9.32. The maximum Gasteiger partial charge on any atom is 0.340 e. The largest absolute Gasteiger partial charge is 0.464 e. The predicted octanol–water partition coefficient (Wildman–Crippen LogP) is 0.728. The fourth-order valence-electron chi connectivity index (χ4n) is 1.82. The van der Waals surface area contributed by atoms with E-state index in [1.807, 2.05) is 5.32 Å². The Kier molecular flexibility index (Phi) is 7.13. The van der Waals surface area contributed by atoms with E-state index < -0.39 is 50.7 Å². The molecule has 0 atom stereocenters. The van der Waals surface area contributed by atoms with Gasteiger partial charge in [0, 0.05) is 12.1 Å². The number of nitro benzene ring substituents is 2. The number of carbonyl (C=O) groups excluding carboxylic acids is 3. The first-order valence-corrected chi connectivity index (χ1v) is 7.29. The van der Waals surface area contributed by atoms with Crippen LogP contribution in [0.5, 0.6) is 0 Å². The molecule has 0 aliphatic heterocycles. The number of nitro groups is 2. The van der Waals surface area contributed by atoms with Crippen LogP contribution in [0.3, 0.4) is 0 Å². The second-order valence-corrected chi connectivity index (χ2v) is 4.66. The van der Waals surface area contributed by atoms with E-state index in [2.05, 4.69) is 9.47 Å². The summed E-state index contributed by atoms with van der Waals surface area (Å²) >= 11 is 0. The van der Waals surface area contributed by atoms with Gasteiger partial charge in [0.2, 0.25) is 6.04 Å². The summed E-state index contributed by atoms with van der Waals surface area (Å²) in [5, 5.41) is 23.7. The highest BCUT2D eigenvalue weighted by molar-refractivity contribution is 6.06. The Balaban J connectivity index is 3.19. The first kappa shape index (κ1) is 20.5. The van der Waals surface area contributed by atoms with Gasteiger partial charge in [-0.2, -0.15) is 0 Å². The van der Waals surface area contributed by atoms with Crippen LogP contribution in [0.2, 0.25) is 0 Å². The molecule has 1 N–H and O–H groups in total. The van der Waals surface area contributed by atoms with Crippen LogP contribution in [0.4, 0.5) is 11.4 Å². The van der Waals surface area contributed by atoms with Crippen molar-refractivity contribution < 1.29 is 33.7 Å². The number of non-ortho nitro benzene ring substituents is 2.